The minimum absolute atomic E-state index is 0.0745. The zero-order chi connectivity index (χ0) is 22.9. The van der Waals surface area contributed by atoms with Crippen molar-refractivity contribution in [2.24, 2.45) is 5.92 Å². The van der Waals surface area contributed by atoms with Crippen molar-refractivity contribution in [2.45, 2.75) is 44.4 Å². The van der Waals surface area contributed by atoms with Crippen molar-refractivity contribution in [1.29, 1.82) is 0 Å². The summed E-state index contributed by atoms with van der Waals surface area (Å²) >= 11 is 5.97. The van der Waals surface area contributed by atoms with E-state index in [0.717, 1.165) is 30.0 Å². The van der Waals surface area contributed by atoms with Crippen LogP contribution < -0.4 is 14.4 Å². The summed E-state index contributed by atoms with van der Waals surface area (Å²) in [5, 5.41) is 3.39. The molecular formula is C23H31ClN2O4S. The normalized spacial score (nSPS) is 12.3. The van der Waals surface area contributed by atoms with E-state index in [1.165, 1.54) is 19.2 Å². The van der Waals surface area contributed by atoms with Gasteiger partial charge in [0.2, 0.25) is 5.91 Å². The van der Waals surface area contributed by atoms with E-state index in [2.05, 4.69) is 19.2 Å². The average molecular weight is 467 g/mol. The Morgan fingerprint density at radius 3 is 2.29 bits per heavy atom. The van der Waals surface area contributed by atoms with Crippen molar-refractivity contribution in [2.75, 3.05) is 24.5 Å². The second-order valence-corrected chi connectivity index (χ2v) is 9.68. The third-order valence-electron chi connectivity index (χ3n) is 5.18. The molecule has 1 amide bonds. The number of unbranched alkanes of at least 4 members (excludes halogenated alkanes) is 1. The van der Waals surface area contributed by atoms with Gasteiger partial charge >= 0.3 is 0 Å². The van der Waals surface area contributed by atoms with Crippen molar-refractivity contribution in [3.63, 3.8) is 0 Å². The maximum absolute atomic E-state index is 13.4. The number of benzene rings is 2. The van der Waals surface area contributed by atoms with Crippen LogP contribution in [0.25, 0.3) is 0 Å². The fraction of sp³-hybridized carbons (Fsp3) is 0.435. The summed E-state index contributed by atoms with van der Waals surface area (Å²) in [5.41, 5.74) is 0.369. The zero-order valence-electron chi connectivity index (χ0n) is 18.3. The maximum Gasteiger partial charge on any atom is 0.264 e. The Balaban J connectivity index is 2.24. The summed E-state index contributed by atoms with van der Waals surface area (Å²) in [7, 11) is -2.46. The van der Waals surface area contributed by atoms with Crippen LogP contribution in [0.3, 0.4) is 0 Å². The highest BCUT2D eigenvalue weighted by Gasteiger charge is 2.27. The van der Waals surface area contributed by atoms with Gasteiger partial charge in [0.25, 0.3) is 10.0 Å². The van der Waals surface area contributed by atoms with Crippen LogP contribution in [0.4, 0.5) is 5.69 Å². The summed E-state index contributed by atoms with van der Waals surface area (Å²) in [6, 6.07) is 12.5. The molecule has 2 aromatic rings. The number of carbonyl (C=O) groups is 1. The van der Waals surface area contributed by atoms with E-state index in [1.54, 1.807) is 36.4 Å². The van der Waals surface area contributed by atoms with Crippen LogP contribution in [-0.2, 0) is 14.8 Å². The lowest BCUT2D eigenvalue weighted by atomic mass is 9.99. The lowest BCUT2D eigenvalue weighted by Gasteiger charge is -2.25. The zero-order valence-corrected chi connectivity index (χ0v) is 19.9. The monoisotopic (exact) mass is 466 g/mol. The second kappa shape index (κ2) is 12.0. The first kappa shape index (κ1) is 25.0. The summed E-state index contributed by atoms with van der Waals surface area (Å²) in [6.07, 6.45) is 4.22. The van der Waals surface area contributed by atoms with Gasteiger partial charge in [0.15, 0.2) is 0 Å². The second-order valence-electron chi connectivity index (χ2n) is 7.38. The molecule has 2 aromatic carbocycles. The van der Waals surface area contributed by atoms with E-state index < -0.39 is 10.0 Å². The Bertz CT molecular complexity index is 931. The standard InChI is InChI=1S/C23H31ClN2O4S/c1-4-6-7-18(5-2)16-25-23(27)17-26(20-10-8-19(24)9-11-20)31(28,29)22-14-12-21(30-3)13-15-22/h8-15,18H,4-7,16-17H2,1-3H3,(H,25,27)/t18-/m1/s1. The Labute approximate surface area is 190 Å². The highest BCUT2D eigenvalue weighted by molar-refractivity contribution is 7.92. The van der Waals surface area contributed by atoms with E-state index in [4.69, 9.17) is 16.3 Å². The summed E-state index contributed by atoms with van der Waals surface area (Å²) in [5.74, 6) is 0.584. The predicted molar refractivity (Wildman–Crippen MR) is 125 cm³/mol. The lowest BCUT2D eigenvalue weighted by Crippen LogP contribution is -2.42. The van der Waals surface area contributed by atoms with Crippen molar-refractivity contribution >= 4 is 33.2 Å². The van der Waals surface area contributed by atoms with Gasteiger partial charge in [-0.15, -0.1) is 0 Å². The molecule has 0 aliphatic carbocycles. The molecule has 0 saturated carbocycles. The number of nitrogens with zero attached hydrogens (tertiary/aromatic N) is 1. The highest BCUT2D eigenvalue weighted by Crippen LogP contribution is 2.26. The minimum Gasteiger partial charge on any atom is -0.497 e. The maximum atomic E-state index is 13.4. The molecule has 170 valence electrons. The van der Waals surface area contributed by atoms with Gasteiger partial charge in [0.05, 0.1) is 17.7 Å². The fourth-order valence-corrected chi connectivity index (χ4v) is 4.73. The Morgan fingerprint density at radius 1 is 1.10 bits per heavy atom. The number of carbonyl (C=O) groups excluding carboxylic acids is 1. The average Bonchev–Trinajstić information content (AvgIpc) is 2.78. The van der Waals surface area contributed by atoms with Crippen LogP contribution in [0.2, 0.25) is 5.02 Å². The van der Waals surface area contributed by atoms with Crippen molar-refractivity contribution in [1.82, 2.24) is 5.32 Å². The molecule has 0 bridgehead atoms. The molecule has 0 unspecified atom stereocenters. The molecule has 0 aromatic heterocycles. The number of anilines is 1. The first-order valence-electron chi connectivity index (χ1n) is 10.5. The van der Waals surface area contributed by atoms with E-state index in [0.29, 0.717) is 28.9 Å². The van der Waals surface area contributed by atoms with Gasteiger partial charge in [0.1, 0.15) is 12.3 Å². The van der Waals surface area contributed by atoms with Crippen LogP contribution in [0.1, 0.15) is 39.5 Å². The first-order chi connectivity index (χ1) is 14.8. The molecule has 1 atom stereocenters. The Kier molecular flexibility index (Phi) is 9.65. The van der Waals surface area contributed by atoms with Crippen LogP contribution in [0.5, 0.6) is 5.75 Å². The lowest BCUT2D eigenvalue weighted by molar-refractivity contribution is -0.119. The smallest absolute Gasteiger partial charge is 0.264 e. The van der Waals surface area contributed by atoms with Crippen molar-refractivity contribution < 1.29 is 17.9 Å². The summed E-state index contributed by atoms with van der Waals surface area (Å²) < 4.78 is 32.9. The number of methoxy groups -OCH3 is 1. The quantitative estimate of drug-likeness (QED) is 0.483. The molecule has 6 nitrogen and oxygen atoms in total. The van der Waals surface area contributed by atoms with E-state index in [-0.39, 0.29) is 17.3 Å². The van der Waals surface area contributed by atoms with Gasteiger partial charge in [-0.05, 0) is 60.9 Å². The number of hydrogen-bond acceptors (Lipinski definition) is 4. The topological polar surface area (TPSA) is 75.7 Å². The van der Waals surface area contributed by atoms with E-state index >= 15 is 0 Å². The number of nitrogens with one attached hydrogen (secondary N) is 1. The number of hydrogen-bond donors (Lipinski definition) is 1. The van der Waals surface area contributed by atoms with Crippen LogP contribution in [0, 0.1) is 5.92 Å². The molecule has 0 heterocycles. The Hall–Kier alpha value is -2.25. The third kappa shape index (κ3) is 7.14. The van der Waals surface area contributed by atoms with Crippen LogP contribution in [-0.4, -0.2) is 34.5 Å². The number of sulfonamides is 1. The van der Waals surface area contributed by atoms with Gasteiger partial charge in [0, 0.05) is 11.6 Å². The number of ether oxygens (including phenoxy) is 1. The van der Waals surface area contributed by atoms with Gasteiger partial charge in [-0.2, -0.15) is 0 Å². The number of amides is 1. The fourth-order valence-electron chi connectivity index (χ4n) is 3.19. The number of halogens is 1. The van der Waals surface area contributed by atoms with Crippen molar-refractivity contribution in [3.05, 3.63) is 53.6 Å². The molecule has 1 N–H and O–H groups in total. The molecule has 0 radical (unpaired) electrons. The Morgan fingerprint density at radius 2 is 1.74 bits per heavy atom. The molecule has 0 aliphatic rings. The van der Waals surface area contributed by atoms with Gasteiger partial charge < -0.3 is 10.1 Å². The van der Waals surface area contributed by atoms with Gasteiger partial charge in [-0.3, -0.25) is 9.10 Å². The van der Waals surface area contributed by atoms with Crippen LogP contribution >= 0.6 is 11.6 Å². The minimum atomic E-state index is -3.97. The summed E-state index contributed by atoms with van der Waals surface area (Å²) in [4.78, 5) is 12.8. The molecule has 31 heavy (non-hydrogen) atoms. The van der Waals surface area contributed by atoms with E-state index in [9.17, 15) is 13.2 Å². The van der Waals surface area contributed by atoms with Crippen LogP contribution in [0.15, 0.2) is 53.4 Å². The molecule has 0 aliphatic heterocycles. The third-order valence-corrected chi connectivity index (χ3v) is 7.22. The highest BCUT2D eigenvalue weighted by atomic mass is 35.5. The first-order valence-corrected chi connectivity index (χ1v) is 12.3. The van der Waals surface area contributed by atoms with Gasteiger partial charge in [-0.1, -0.05) is 44.7 Å². The van der Waals surface area contributed by atoms with Gasteiger partial charge in [-0.25, -0.2) is 8.42 Å². The van der Waals surface area contributed by atoms with E-state index in [1.807, 2.05) is 0 Å². The molecule has 2 rings (SSSR count). The molecule has 0 spiro atoms. The molecular weight excluding hydrogens is 436 g/mol. The number of rotatable bonds is 12. The summed E-state index contributed by atoms with van der Waals surface area (Å²) in [6.45, 7) is 4.45. The van der Waals surface area contributed by atoms with Crippen molar-refractivity contribution in [3.8, 4) is 5.75 Å². The molecule has 8 heteroatoms. The molecule has 0 saturated heterocycles. The largest absolute Gasteiger partial charge is 0.497 e. The SMILES string of the molecule is CCCC[C@@H](CC)CNC(=O)CN(c1ccc(Cl)cc1)S(=O)(=O)c1ccc(OC)cc1. The molecule has 0 fully saturated rings. The predicted octanol–water partition coefficient (Wildman–Crippen LogP) is 4.88.